The highest BCUT2D eigenvalue weighted by molar-refractivity contribution is 7.89. The first-order chi connectivity index (χ1) is 8.93. The highest BCUT2D eigenvalue weighted by atomic mass is 32.2. The minimum absolute atomic E-state index is 0.256. The van der Waals surface area contributed by atoms with Crippen molar-refractivity contribution in [3.05, 3.63) is 41.7 Å². The molecule has 0 spiro atoms. The average Bonchev–Trinajstić information content (AvgIpc) is 2.39. The number of hydrogen-bond acceptors (Lipinski definition) is 2. The van der Waals surface area contributed by atoms with Crippen molar-refractivity contribution in [2.45, 2.75) is 25.5 Å². The molecule has 5 heteroatoms. The molecule has 0 bridgehead atoms. The van der Waals surface area contributed by atoms with Gasteiger partial charge in [-0.2, -0.15) is 4.31 Å². The minimum Gasteiger partial charge on any atom is -0.212 e. The van der Waals surface area contributed by atoms with Gasteiger partial charge in [-0.25, -0.2) is 12.8 Å². The van der Waals surface area contributed by atoms with Crippen LogP contribution in [0.3, 0.4) is 0 Å². The monoisotopic (exact) mass is 283 g/mol. The van der Waals surface area contributed by atoms with Crippen LogP contribution in [0.1, 0.15) is 25.8 Å². The van der Waals surface area contributed by atoms with Gasteiger partial charge in [-0.15, -0.1) is 0 Å². The van der Waals surface area contributed by atoms with Crippen molar-refractivity contribution in [3.8, 4) is 0 Å². The molecular weight excluding hydrogens is 265 g/mol. The molecule has 0 unspecified atom stereocenters. The maximum absolute atomic E-state index is 13.7. The molecule has 0 radical (unpaired) electrons. The molecule has 0 amide bonds. The first-order valence-corrected chi connectivity index (χ1v) is 7.86. The lowest BCUT2D eigenvalue weighted by Gasteiger charge is -2.27. The van der Waals surface area contributed by atoms with E-state index in [2.05, 4.69) is 0 Å². The Kier molecular flexibility index (Phi) is 4.06. The van der Waals surface area contributed by atoms with Gasteiger partial charge in [-0.3, -0.25) is 0 Å². The minimum atomic E-state index is -3.22. The molecule has 0 fully saturated rings. The van der Waals surface area contributed by atoms with Crippen LogP contribution in [0.4, 0.5) is 4.39 Å². The maximum Gasteiger partial charge on any atom is 0.216 e. The molecule has 0 atom stereocenters. The first-order valence-electron chi connectivity index (χ1n) is 6.36. The van der Waals surface area contributed by atoms with Gasteiger partial charge < -0.3 is 0 Å². The lowest BCUT2D eigenvalue weighted by molar-refractivity contribution is 0.435. The van der Waals surface area contributed by atoms with Crippen LogP contribution in [-0.4, -0.2) is 31.1 Å². The van der Waals surface area contributed by atoms with E-state index in [1.807, 2.05) is 6.08 Å². The molecule has 0 N–H and O–H groups in total. The van der Waals surface area contributed by atoms with Crippen LogP contribution in [0.2, 0.25) is 0 Å². The Balaban J connectivity index is 2.20. The summed E-state index contributed by atoms with van der Waals surface area (Å²) in [7, 11) is -3.22. The van der Waals surface area contributed by atoms with Gasteiger partial charge in [-0.05, 0) is 31.9 Å². The van der Waals surface area contributed by atoms with E-state index in [4.69, 9.17) is 0 Å². The molecule has 1 aliphatic rings. The predicted octanol–water partition coefficient (Wildman–Crippen LogP) is 2.65. The van der Waals surface area contributed by atoms with Gasteiger partial charge >= 0.3 is 0 Å². The Morgan fingerprint density at radius 3 is 2.47 bits per heavy atom. The van der Waals surface area contributed by atoms with Gasteiger partial charge in [0.15, 0.2) is 0 Å². The molecule has 19 heavy (non-hydrogen) atoms. The largest absolute Gasteiger partial charge is 0.216 e. The molecule has 0 saturated heterocycles. The molecule has 1 heterocycles. The Labute approximate surface area is 113 Å². The van der Waals surface area contributed by atoms with Crippen LogP contribution in [0, 0.1) is 5.82 Å². The molecule has 3 nitrogen and oxygen atoms in total. The number of rotatable bonds is 3. The van der Waals surface area contributed by atoms with Crippen molar-refractivity contribution < 1.29 is 12.8 Å². The standard InChI is InChI=1S/C14H18FNO2S/c1-11(2)19(17,18)16-9-7-12(8-10-16)13-5-3-4-6-14(13)15/h3-7,11H,8-10H2,1-2H3. The van der Waals surface area contributed by atoms with E-state index in [-0.39, 0.29) is 5.82 Å². The van der Waals surface area contributed by atoms with Crippen molar-refractivity contribution in [2.24, 2.45) is 0 Å². The Morgan fingerprint density at radius 2 is 1.95 bits per heavy atom. The quantitative estimate of drug-likeness (QED) is 0.855. The summed E-state index contributed by atoms with van der Waals surface area (Å²) in [6, 6.07) is 6.59. The smallest absolute Gasteiger partial charge is 0.212 e. The molecule has 0 saturated carbocycles. The number of sulfonamides is 1. The van der Waals surface area contributed by atoms with E-state index < -0.39 is 15.3 Å². The van der Waals surface area contributed by atoms with Crippen molar-refractivity contribution in [3.63, 3.8) is 0 Å². The molecule has 1 aliphatic heterocycles. The topological polar surface area (TPSA) is 37.4 Å². The lowest BCUT2D eigenvalue weighted by atomic mass is 10.00. The highest BCUT2D eigenvalue weighted by Gasteiger charge is 2.27. The van der Waals surface area contributed by atoms with Crippen LogP contribution < -0.4 is 0 Å². The number of nitrogens with zero attached hydrogens (tertiary/aromatic N) is 1. The third-order valence-electron chi connectivity index (χ3n) is 3.35. The second-order valence-corrected chi connectivity index (χ2v) is 7.40. The molecule has 1 aromatic carbocycles. The molecular formula is C14H18FNO2S. The normalized spacial score (nSPS) is 17.6. The van der Waals surface area contributed by atoms with Gasteiger partial charge in [-0.1, -0.05) is 24.3 Å². The molecule has 0 aliphatic carbocycles. The summed E-state index contributed by atoms with van der Waals surface area (Å²) in [6.07, 6.45) is 2.36. The summed E-state index contributed by atoms with van der Waals surface area (Å²) in [6.45, 7) is 4.09. The number of halogens is 1. The average molecular weight is 283 g/mol. The van der Waals surface area contributed by atoms with E-state index in [0.29, 0.717) is 25.1 Å². The van der Waals surface area contributed by atoms with Gasteiger partial charge in [0.25, 0.3) is 0 Å². The summed E-state index contributed by atoms with van der Waals surface area (Å²) < 4.78 is 39.2. The van der Waals surface area contributed by atoms with E-state index in [9.17, 15) is 12.8 Å². The third kappa shape index (κ3) is 2.87. The van der Waals surface area contributed by atoms with Crippen molar-refractivity contribution >= 4 is 15.6 Å². The Morgan fingerprint density at radius 1 is 1.26 bits per heavy atom. The van der Waals surface area contributed by atoms with Gasteiger partial charge in [0.2, 0.25) is 10.0 Å². The van der Waals surface area contributed by atoms with Crippen molar-refractivity contribution in [1.29, 1.82) is 0 Å². The van der Waals surface area contributed by atoms with Crippen molar-refractivity contribution in [1.82, 2.24) is 4.31 Å². The molecule has 2 rings (SSSR count). The zero-order valence-corrected chi connectivity index (χ0v) is 12.0. The van der Waals surface area contributed by atoms with E-state index >= 15 is 0 Å². The predicted molar refractivity (Wildman–Crippen MR) is 74.6 cm³/mol. The van der Waals surface area contributed by atoms with E-state index in [1.165, 1.54) is 10.4 Å². The fraction of sp³-hybridized carbons (Fsp3) is 0.429. The van der Waals surface area contributed by atoms with Crippen LogP contribution in [0.25, 0.3) is 5.57 Å². The van der Waals surface area contributed by atoms with Gasteiger partial charge in [0.05, 0.1) is 5.25 Å². The Hall–Kier alpha value is -1.20. The van der Waals surface area contributed by atoms with Gasteiger partial charge in [0.1, 0.15) is 5.82 Å². The highest BCUT2D eigenvalue weighted by Crippen LogP contribution is 2.26. The second kappa shape index (κ2) is 5.43. The second-order valence-electron chi connectivity index (χ2n) is 4.91. The van der Waals surface area contributed by atoms with Crippen LogP contribution in [0.15, 0.2) is 30.3 Å². The lowest BCUT2D eigenvalue weighted by Crippen LogP contribution is -2.39. The Bertz CT molecular complexity index is 593. The molecule has 0 aromatic heterocycles. The molecule has 1 aromatic rings. The SMILES string of the molecule is CC(C)S(=O)(=O)N1CC=C(c2ccccc2F)CC1. The van der Waals surface area contributed by atoms with Gasteiger partial charge in [0, 0.05) is 18.7 Å². The van der Waals surface area contributed by atoms with Crippen LogP contribution >= 0.6 is 0 Å². The van der Waals surface area contributed by atoms with Crippen LogP contribution in [0.5, 0.6) is 0 Å². The summed E-state index contributed by atoms with van der Waals surface area (Å²) in [5.41, 5.74) is 1.46. The van der Waals surface area contributed by atoms with E-state index in [0.717, 1.165) is 5.57 Å². The number of benzene rings is 1. The fourth-order valence-corrected chi connectivity index (χ4v) is 3.37. The number of hydrogen-bond donors (Lipinski definition) is 0. The summed E-state index contributed by atoms with van der Waals surface area (Å²) in [5, 5.41) is -0.420. The summed E-state index contributed by atoms with van der Waals surface area (Å²) in [4.78, 5) is 0. The van der Waals surface area contributed by atoms with E-state index in [1.54, 1.807) is 32.0 Å². The summed E-state index contributed by atoms with van der Waals surface area (Å²) in [5.74, 6) is -0.256. The first kappa shape index (κ1) is 14.2. The third-order valence-corrected chi connectivity index (χ3v) is 5.59. The molecule has 104 valence electrons. The zero-order valence-electron chi connectivity index (χ0n) is 11.1. The fourth-order valence-electron chi connectivity index (χ4n) is 2.15. The van der Waals surface area contributed by atoms with Crippen LogP contribution in [-0.2, 0) is 10.0 Å². The maximum atomic E-state index is 13.7. The zero-order chi connectivity index (χ0) is 14.0. The van der Waals surface area contributed by atoms with Crippen molar-refractivity contribution in [2.75, 3.05) is 13.1 Å². The summed E-state index contributed by atoms with van der Waals surface area (Å²) >= 11 is 0.